The third-order valence-corrected chi connectivity index (χ3v) is 5.19. The quantitative estimate of drug-likeness (QED) is 0.637. The molecule has 1 aliphatic rings. The fourth-order valence-electron chi connectivity index (χ4n) is 3.74. The first-order valence-electron chi connectivity index (χ1n) is 8.69. The summed E-state index contributed by atoms with van der Waals surface area (Å²) in [6, 6.07) is 20.2. The predicted octanol–water partition coefficient (Wildman–Crippen LogP) is 6.11. The molecule has 0 heterocycles. The first kappa shape index (κ1) is 15.3. The van der Waals surface area contributed by atoms with Crippen LogP contribution in [0.4, 0.5) is 0 Å². The van der Waals surface area contributed by atoms with Crippen molar-refractivity contribution in [1.29, 1.82) is 0 Å². The first-order chi connectivity index (χ1) is 10.6. The summed E-state index contributed by atoms with van der Waals surface area (Å²) >= 11 is 0. The standard InChI is InChI=1S/C22H28/c1-22(2,3)21-15-8-7-14-19(21)20(18-12-9-13-18)16-17-10-5-4-6-11-17/h4-8,10-11,14-15,18,20H,9,12-13,16H2,1-3H3. The van der Waals surface area contributed by atoms with Crippen molar-refractivity contribution in [2.45, 2.75) is 57.8 Å². The largest absolute Gasteiger partial charge is 0.0622 e. The number of hydrogen-bond donors (Lipinski definition) is 0. The van der Waals surface area contributed by atoms with Crippen molar-refractivity contribution in [2.75, 3.05) is 0 Å². The lowest BCUT2D eigenvalue weighted by Crippen LogP contribution is -2.25. The zero-order valence-electron chi connectivity index (χ0n) is 14.2. The Hall–Kier alpha value is -1.56. The van der Waals surface area contributed by atoms with Gasteiger partial charge in [0.25, 0.3) is 0 Å². The van der Waals surface area contributed by atoms with Crippen LogP contribution < -0.4 is 0 Å². The topological polar surface area (TPSA) is 0 Å². The molecule has 0 bridgehead atoms. The maximum Gasteiger partial charge on any atom is -0.00902 e. The lowest BCUT2D eigenvalue weighted by molar-refractivity contribution is 0.257. The highest BCUT2D eigenvalue weighted by Gasteiger charge is 2.31. The first-order valence-corrected chi connectivity index (χ1v) is 8.69. The third kappa shape index (κ3) is 3.27. The van der Waals surface area contributed by atoms with Gasteiger partial charge in [0.05, 0.1) is 0 Å². The SMILES string of the molecule is CC(C)(C)c1ccccc1C(Cc1ccccc1)C1CCC1. The monoisotopic (exact) mass is 292 g/mol. The second-order valence-corrected chi connectivity index (χ2v) is 7.82. The molecule has 0 radical (unpaired) electrons. The molecule has 1 fully saturated rings. The highest BCUT2D eigenvalue weighted by Crippen LogP contribution is 2.44. The second-order valence-electron chi connectivity index (χ2n) is 7.82. The van der Waals surface area contributed by atoms with Gasteiger partial charge in [-0.2, -0.15) is 0 Å². The van der Waals surface area contributed by atoms with Gasteiger partial charge >= 0.3 is 0 Å². The molecule has 2 aromatic rings. The Morgan fingerprint density at radius 1 is 0.909 bits per heavy atom. The van der Waals surface area contributed by atoms with Crippen LogP contribution in [0.5, 0.6) is 0 Å². The summed E-state index contributed by atoms with van der Waals surface area (Å²) in [5.41, 5.74) is 4.81. The summed E-state index contributed by atoms with van der Waals surface area (Å²) in [6.45, 7) is 7.02. The minimum atomic E-state index is 0.218. The van der Waals surface area contributed by atoms with Crippen molar-refractivity contribution in [2.24, 2.45) is 5.92 Å². The molecule has 0 saturated heterocycles. The van der Waals surface area contributed by atoms with Gasteiger partial charge in [0.2, 0.25) is 0 Å². The highest BCUT2D eigenvalue weighted by molar-refractivity contribution is 5.37. The molecule has 0 nitrogen and oxygen atoms in total. The van der Waals surface area contributed by atoms with Gasteiger partial charge in [0.1, 0.15) is 0 Å². The molecule has 0 aromatic heterocycles. The van der Waals surface area contributed by atoms with Crippen LogP contribution in [0.1, 0.15) is 62.6 Å². The van der Waals surface area contributed by atoms with E-state index in [0.29, 0.717) is 5.92 Å². The van der Waals surface area contributed by atoms with Crippen molar-refractivity contribution in [3.63, 3.8) is 0 Å². The van der Waals surface area contributed by atoms with Crippen LogP contribution in [-0.2, 0) is 11.8 Å². The minimum Gasteiger partial charge on any atom is -0.0622 e. The van der Waals surface area contributed by atoms with Gasteiger partial charge in [0, 0.05) is 0 Å². The average Bonchev–Trinajstić information content (AvgIpc) is 2.45. The Labute approximate surface area is 135 Å². The molecule has 1 atom stereocenters. The van der Waals surface area contributed by atoms with E-state index in [1.807, 2.05) is 0 Å². The molecule has 116 valence electrons. The van der Waals surface area contributed by atoms with E-state index in [4.69, 9.17) is 0 Å². The van der Waals surface area contributed by atoms with Gasteiger partial charge in [-0.3, -0.25) is 0 Å². The molecular weight excluding hydrogens is 264 g/mol. The van der Waals surface area contributed by atoms with Crippen LogP contribution in [-0.4, -0.2) is 0 Å². The summed E-state index contributed by atoms with van der Waals surface area (Å²) < 4.78 is 0. The molecule has 1 aliphatic carbocycles. The van der Waals surface area contributed by atoms with Gasteiger partial charge in [-0.05, 0) is 53.2 Å². The lowest BCUT2D eigenvalue weighted by atomic mass is 9.68. The van der Waals surface area contributed by atoms with E-state index in [1.165, 1.54) is 36.8 Å². The fourth-order valence-corrected chi connectivity index (χ4v) is 3.74. The third-order valence-electron chi connectivity index (χ3n) is 5.19. The van der Waals surface area contributed by atoms with Gasteiger partial charge in [0.15, 0.2) is 0 Å². The van der Waals surface area contributed by atoms with Crippen LogP contribution in [0, 0.1) is 5.92 Å². The Balaban J connectivity index is 1.96. The van der Waals surface area contributed by atoms with E-state index in [-0.39, 0.29) is 5.41 Å². The fraction of sp³-hybridized carbons (Fsp3) is 0.455. The molecule has 0 amide bonds. The highest BCUT2D eigenvalue weighted by atomic mass is 14.4. The van der Waals surface area contributed by atoms with E-state index in [2.05, 4.69) is 75.4 Å². The van der Waals surface area contributed by atoms with Crippen LogP contribution in [0.15, 0.2) is 54.6 Å². The Kier molecular flexibility index (Phi) is 4.38. The smallest absolute Gasteiger partial charge is 0.00902 e. The van der Waals surface area contributed by atoms with E-state index in [9.17, 15) is 0 Å². The number of hydrogen-bond acceptors (Lipinski definition) is 0. The summed E-state index contributed by atoms with van der Waals surface area (Å²) in [6.07, 6.45) is 5.39. The average molecular weight is 292 g/mol. The summed E-state index contributed by atoms with van der Waals surface area (Å²) in [5.74, 6) is 1.54. The van der Waals surface area contributed by atoms with E-state index in [0.717, 1.165) is 5.92 Å². The predicted molar refractivity (Wildman–Crippen MR) is 95.4 cm³/mol. The van der Waals surface area contributed by atoms with Crippen molar-refractivity contribution >= 4 is 0 Å². The van der Waals surface area contributed by atoms with E-state index >= 15 is 0 Å². The molecule has 1 saturated carbocycles. The molecule has 2 aromatic carbocycles. The van der Waals surface area contributed by atoms with Crippen molar-refractivity contribution in [3.05, 3.63) is 71.3 Å². The number of benzene rings is 2. The molecule has 1 unspecified atom stereocenters. The van der Waals surface area contributed by atoms with Crippen molar-refractivity contribution in [1.82, 2.24) is 0 Å². The minimum absolute atomic E-state index is 0.218. The maximum absolute atomic E-state index is 2.38. The van der Waals surface area contributed by atoms with E-state index < -0.39 is 0 Å². The van der Waals surface area contributed by atoms with Crippen LogP contribution in [0.25, 0.3) is 0 Å². The van der Waals surface area contributed by atoms with E-state index in [1.54, 1.807) is 5.56 Å². The molecule has 0 aliphatic heterocycles. The zero-order valence-corrected chi connectivity index (χ0v) is 14.2. The maximum atomic E-state index is 2.38. The van der Waals surface area contributed by atoms with Crippen molar-refractivity contribution in [3.8, 4) is 0 Å². The second kappa shape index (κ2) is 6.28. The number of rotatable bonds is 4. The van der Waals surface area contributed by atoms with Gasteiger partial charge in [-0.1, -0.05) is 81.8 Å². The van der Waals surface area contributed by atoms with Crippen molar-refractivity contribution < 1.29 is 0 Å². The van der Waals surface area contributed by atoms with Gasteiger partial charge in [-0.15, -0.1) is 0 Å². The molecule has 0 N–H and O–H groups in total. The van der Waals surface area contributed by atoms with Gasteiger partial charge < -0.3 is 0 Å². The molecular formula is C22H28. The van der Waals surface area contributed by atoms with Gasteiger partial charge in [-0.25, -0.2) is 0 Å². The molecule has 0 spiro atoms. The zero-order chi connectivity index (χ0) is 15.6. The normalized spacial score (nSPS) is 17.0. The van der Waals surface area contributed by atoms with Crippen LogP contribution in [0.3, 0.4) is 0 Å². The lowest BCUT2D eigenvalue weighted by Gasteiger charge is -2.37. The molecule has 22 heavy (non-hydrogen) atoms. The summed E-state index contributed by atoms with van der Waals surface area (Å²) in [7, 11) is 0. The molecule has 3 rings (SSSR count). The summed E-state index contributed by atoms with van der Waals surface area (Å²) in [5, 5.41) is 0. The summed E-state index contributed by atoms with van der Waals surface area (Å²) in [4.78, 5) is 0. The Morgan fingerprint density at radius 3 is 2.14 bits per heavy atom. The van der Waals surface area contributed by atoms with Crippen LogP contribution >= 0.6 is 0 Å². The van der Waals surface area contributed by atoms with Crippen LogP contribution in [0.2, 0.25) is 0 Å². The Morgan fingerprint density at radius 2 is 1.55 bits per heavy atom. The molecule has 0 heteroatoms. The Bertz CT molecular complexity index is 599.